The molecule has 1 amide bonds. The Morgan fingerprint density at radius 3 is 2.52 bits per heavy atom. The third kappa shape index (κ3) is 4.53. The van der Waals surface area contributed by atoms with Crippen LogP contribution in [0.25, 0.3) is 0 Å². The molecule has 0 unspecified atom stereocenters. The number of benzene rings is 2. The fourth-order valence-electron chi connectivity index (χ4n) is 2.52. The Labute approximate surface area is 140 Å². The number of carbonyl (C=O) groups excluding carboxylic acids is 1. The summed E-state index contributed by atoms with van der Waals surface area (Å²) in [6, 6.07) is 14.1. The molecular weight excluding hydrogens is 315 g/mol. The Morgan fingerprint density at radius 1 is 1.17 bits per heavy atom. The number of hydrogen-bond acceptors (Lipinski definition) is 2. The van der Waals surface area contributed by atoms with Gasteiger partial charge in [-0.05, 0) is 43.2 Å². The van der Waals surface area contributed by atoms with Crippen LogP contribution in [0, 0.1) is 5.82 Å². The summed E-state index contributed by atoms with van der Waals surface area (Å²) in [6.07, 6.45) is 2.12. The third-order valence-corrected chi connectivity index (χ3v) is 4.12. The van der Waals surface area contributed by atoms with Crippen LogP contribution in [0.5, 0.6) is 0 Å². The molecule has 3 nitrogen and oxygen atoms in total. The van der Waals surface area contributed by atoms with Crippen molar-refractivity contribution in [3.05, 3.63) is 64.9 Å². The lowest BCUT2D eigenvalue weighted by Crippen LogP contribution is -2.34. The van der Waals surface area contributed by atoms with Gasteiger partial charge in [0.15, 0.2) is 0 Å². The van der Waals surface area contributed by atoms with E-state index >= 15 is 0 Å². The molecule has 1 N–H and O–H groups in total. The van der Waals surface area contributed by atoms with E-state index < -0.39 is 0 Å². The molecule has 0 atom stereocenters. The van der Waals surface area contributed by atoms with Crippen LogP contribution in [0.15, 0.2) is 48.5 Å². The quantitative estimate of drug-likeness (QED) is 0.864. The largest absolute Gasteiger partial charge is 0.325 e. The molecule has 120 valence electrons. The topological polar surface area (TPSA) is 32.3 Å². The predicted octanol–water partition coefficient (Wildman–Crippen LogP) is 4.08. The van der Waals surface area contributed by atoms with Crippen LogP contribution in [-0.2, 0) is 11.3 Å². The molecule has 0 saturated heterocycles. The van der Waals surface area contributed by atoms with Crippen molar-refractivity contribution >= 4 is 23.2 Å². The second kappa shape index (κ2) is 7.11. The Hall–Kier alpha value is -1.91. The minimum Gasteiger partial charge on any atom is -0.325 e. The highest BCUT2D eigenvalue weighted by atomic mass is 35.5. The van der Waals surface area contributed by atoms with Gasteiger partial charge in [-0.3, -0.25) is 9.69 Å². The first kappa shape index (κ1) is 16.0. The molecule has 1 aliphatic carbocycles. The van der Waals surface area contributed by atoms with Crippen molar-refractivity contribution in [1.29, 1.82) is 0 Å². The molecule has 2 aromatic carbocycles. The van der Waals surface area contributed by atoms with E-state index in [-0.39, 0.29) is 18.3 Å². The van der Waals surface area contributed by atoms with Crippen LogP contribution in [0.1, 0.15) is 18.4 Å². The van der Waals surface area contributed by atoms with Crippen LogP contribution >= 0.6 is 11.6 Å². The monoisotopic (exact) mass is 332 g/mol. The van der Waals surface area contributed by atoms with E-state index in [0.717, 1.165) is 12.8 Å². The number of carbonyl (C=O) groups is 1. The highest BCUT2D eigenvalue weighted by molar-refractivity contribution is 6.30. The zero-order chi connectivity index (χ0) is 16.2. The molecular formula is C18H18ClFN2O. The smallest absolute Gasteiger partial charge is 0.238 e. The maximum absolute atomic E-state index is 13.8. The van der Waals surface area contributed by atoms with Gasteiger partial charge in [0.25, 0.3) is 0 Å². The van der Waals surface area contributed by atoms with Gasteiger partial charge in [0.2, 0.25) is 5.91 Å². The molecule has 1 saturated carbocycles. The van der Waals surface area contributed by atoms with Gasteiger partial charge in [-0.15, -0.1) is 0 Å². The molecule has 0 heterocycles. The minimum absolute atomic E-state index is 0.101. The Kier molecular flexibility index (Phi) is 4.94. The molecule has 23 heavy (non-hydrogen) atoms. The normalized spacial score (nSPS) is 14.0. The van der Waals surface area contributed by atoms with Gasteiger partial charge >= 0.3 is 0 Å². The van der Waals surface area contributed by atoms with E-state index in [0.29, 0.717) is 28.9 Å². The van der Waals surface area contributed by atoms with Gasteiger partial charge in [-0.1, -0.05) is 29.8 Å². The molecule has 0 aliphatic heterocycles. The first-order chi connectivity index (χ1) is 11.1. The molecule has 0 radical (unpaired) electrons. The van der Waals surface area contributed by atoms with Gasteiger partial charge in [-0.2, -0.15) is 0 Å². The van der Waals surface area contributed by atoms with Crippen LogP contribution in [0.2, 0.25) is 5.02 Å². The highest BCUT2D eigenvalue weighted by Crippen LogP contribution is 2.28. The van der Waals surface area contributed by atoms with E-state index in [2.05, 4.69) is 5.32 Å². The molecule has 5 heteroatoms. The van der Waals surface area contributed by atoms with Gasteiger partial charge in [0.05, 0.1) is 6.54 Å². The average molecular weight is 333 g/mol. The van der Waals surface area contributed by atoms with Crippen LogP contribution in [0.4, 0.5) is 10.1 Å². The van der Waals surface area contributed by atoms with Crippen LogP contribution in [-0.4, -0.2) is 23.4 Å². The molecule has 0 bridgehead atoms. The molecule has 1 aliphatic rings. The van der Waals surface area contributed by atoms with Gasteiger partial charge < -0.3 is 5.32 Å². The third-order valence-electron chi connectivity index (χ3n) is 3.87. The summed E-state index contributed by atoms with van der Waals surface area (Å²) in [5.74, 6) is -0.327. The molecule has 3 rings (SSSR count). The molecule has 1 fully saturated rings. The number of halogens is 2. The zero-order valence-corrected chi connectivity index (χ0v) is 13.4. The fourth-order valence-corrected chi connectivity index (χ4v) is 2.64. The van der Waals surface area contributed by atoms with Crippen molar-refractivity contribution in [3.63, 3.8) is 0 Å². The SMILES string of the molecule is O=C(CN(Cc1ccccc1F)C1CC1)Nc1ccc(Cl)cc1. The summed E-state index contributed by atoms with van der Waals surface area (Å²) in [7, 11) is 0. The van der Waals surface area contributed by atoms with Crippen LogP contribution in [0.3, 0.4) is 0 Å². The second-order valence-corrected chi connectivity index (χ2v) is 6.22. The number of rotatable bonds is 6. The lowest BCUT2D eigenvalue weighted by Gasteiger charge is -2.21. The first-order valence-corrected chi connectivity index (χ1v) is 8.02. The van der Waals surface area contributed by atoms with Crippen molar-refractivity contribution < 1.29 is 9.18 Å². The summed E-state index contributed by atoms with van der Waals surface area (Å²) in [5, 5.41) is 3.48. The van der Waals surface area contributed by atoms with Crippen molar-refractivity contribution in [2.24, 2.45) is 0 Å². The van der Waals surface area contributed by atoms with Crippen molar-refractivity contribution in [2.45, 2.75) is 25.4 Å². The maximum Gasteiger partial charge on any atom is 0.238 e. The summed E-state index contributed by atoms with van der Waals surface area (Å²) < 4.78 is 13.8. The van der Waals surface area contributed by atoms with Crippen molar-refractivity contribution in [1.82, 2.24) is 4.90 Å². The van der Waals surface area contributed by atoms with Gasteiger partial charge in [-0.25, -0.2) is 4.39 Å². The second-order valence-electron chi connectivity index (χ2n) is 5.78. The summed E-state index contributed by atoms with van der Waals surface area (Å²) >= 11 is 5.83. The predicted molar refractivity (Wildman–Crippen MR) is 89.9 cm³/mol. The summed E-state index contributed by atoms with van der Waals surface area (Å²) in [6.45, 7) is 0.701. The fraction of sp³-hybridized carbons (Fsp3) is 0.278. The molecule has 2 aromatic rings. The number of amides is 1. The number of hydrogen-bond donors (Lipinski definition) is 1. The Morgan fingerprint density at radius 2 is 1.87 bits per heavy atom. The van der Waals surface area contributed by atoms with Crippen LogP contribution < -0.4 is 5.32 Å². The van der Waals surface area contributed by atoms with E-state index in [1.165, 1.54) is 6.07 Å². The average Bonchev–Trinajstić information content (AvgIpc) is 3.36. The lowest BCUT2D eigenvalue weighted by atomic mass is 10.2. The standard InChI is InChI=1S/C18H18ClFN2O/c19-14-5-7-15(8-6-14)21-18(23)12-22(16-9-10-16)11-13-3-1-2-4-17(13)20/h1-8,16H,9-12H2,(H,21,23). The first-order valence-electron chi connectivity index (χ1n) is 7.65. The highest BCUT2D eigenvalue weighted by Gasteiger charge is 2.30. The Balaban J connectivity index is 1.62. The number of anilines is 1. The summed E-state index contributed by atoms with van der Waals surface area (Å²) in [5.41, 5.74) is 1.33. The van der Waals surface area contributed by atoms with E-state index in [1.807, 2.05) is 11.0 Å². The number of nitrogens with zero attached hydrogens (tertiary/aromatic N) is 1. The van der Waals surface area contributed by atoms with E-state index in [9.17, 15) is 9.18 Å². The zero-order valence-electron chi connectivity index (χ0n) is 12.6. The van der Waals surface area contributed by atoms with Crippen molar-refractivity contribution in [2.75, 3.05) is 11.9 Å². The Bertz CT molecular complexity index is 686. The van der Waals surface area contributed by atoms with Gasteiger partial charge in [0.1, 0.15) is 5.82 Å². The minimum atomic E-state index is -0.226. The molecule has 0 aromatic heterocycles. The van der Waals surface area contributed by atoms with Crippen molar-refractivity contribution in [3.8, 4) is 0 Å². The molecule has 0 spiro atoms. The van der Waals surface area contributed by atoms with Gasteiger partial charge in [0, 0.05) is 28.9 Å². The lowest BCUT2D eigenvalue weighted by molar-refractivity contribution is -0.117. The van der Waals surface area contributed by atoms with E-state index in [1.54, 1.807) is 36.4 Å². The van der Waals surface area contributed by atoms with E-state index in [4.69, 9.17) is 11.6 Å². The number of nitrogens with one attached hydrogen (secondary N) is 1. The summed E-state index contributed by atoms with van der Waals surface area (Å²) in [4.78, 5) is 14.3. The maximum atomic E-state index is 13.8.